The molecule has 0 aliphatic carbocycles. The first-order valence-corrected chi connectivity index (χ1v) is 12.6. The Hall–Kier alpha value is 0.434. The minimum Gasteiger partial charge on any atom is -0.0713 e. The van der Waals surface area contributed by atoms with E-state index in [2.05, 4.69) is 26.2 Å². The summed E-state index contributed by atoms with van der Waals surface area (Å²) in [7, 11) is 0.112. The maximum absolute atomic E-state index is 2.43. The second-order valence-corrected chi connectivity index (χ2v) is 11.6. The summed E-state index contributed by atoms with van der Waals surface area (Å²) in [6, 6.07) is 3.06. The van der Waals surface area contributed by atoms with Crippen LogP contribution in [0.1, 0.15) is 51.4 Å². The van der Waals surface area contributed by atoms with Gasteiger partial charge in [0, 0.05) is 17.6 Å². The van der Waals surface area contributed by atoms with Gasteiger partial charge in [-0.1, -0.05) is 89.6 Å². The fourth-order valence-electron chi connectivity index (χ4n) is 2.02. The Kier molecular flexibility index (Phi) is 12.2. The summed E-state index contributed by atoms with van der Waals surface area (Å²) in [5, 5.41) is 0. The molecule has 2 heteroatoms. The number of hydrogen-bond acceptors (Lipinski definition) is 0. The van der Waals surface area contributed by atoms with E-state index in [0.29, 0.717) is 0 Å². The van der Waals surface area contributed by atoms with Crippen molar-refractivity contribution in [3.63, 3.8) is 0 Å². The highest BCUT2D eigenvalue weighted by molar-refractivity contribution is 6.55. The first kappa shape index (κ1) is 16.4. The van der Waals surface area contributed by atoms with Crippen molar-refractivity contribution in [2.24, 2.45) is 0 Å². The standard InChI is InChI=1S/C14H32Si2/c1-15(2)13-11-9-7-5-6-8-10-12-14-16(3)4/h5-14H2,1-4H3. The SMILES string of the molecule is C[Si](C)CCCCCCCCCC[Si](C)C. The second kappa shape index (κ2) is 11.9. The van der Waals surface area contributed by atoms with Crippen LogP contribution in [0.25, 0.3) is 0 Å². The molecule has 0 saturated carbocycles. The van der Waals surface area contributed by atoms with Gasteiger partial charge in [-0.15, -0.1) is 0 Å². The molecule has 0 fully saturated rings. The van der Waals surface area contributed by atoms with Crippen LogP contribution in [-0.2, 0) is 0 Å². The number of unbranched alkanes of at least 4 members (excludes halogenated alkanes) is 7. The Morgan fingerprint density at radius 1 is 0.438 bits per heavy atom. The van der Waals surface area contributed by atoms with E-state index >= 15 is 0 Å². The van der Waals surface area contributed by atoms with Crippen LogP contribution in [0.2, 0.25) is 38.3 Å². The summed E-state index contributed by atoms with van der Waals surface area (Å²) in [6.45, 7) is 9.73. The molecule has 16 heavy (non-hydrogen) atoms. The van der Waals surface area contributed by atoms with Crippen LogP contribution in [0.15, 0.2) is 0 Å². The lowest BCUT2D eigenvalue weighted by Crippen LogP contribution is -1.98. The van der Waals surface area contributed by atoms with Gasteiger partial charge < -0.3 is 0 Å². The molecule has 0 spiro atoms. The smallest absolute Gasteiger partial charge is 0.0412 e. The highest BCUT2D eigenvalue weighted by Crippen LogP contribution is 2.12. The lowest BCUT2D eigenvalue weighted by Gasteiger charge is -2.04. The van der Waals surface area contributed by atoms with Crippen LogP contribution in [0.3, 0.4) is 0 Å². The molecule has 0 nitrogen and oxygen atoms in total. The van der Waals surface area contributed by atoms with E-state index in [1.807, 2.05) is 0 Å². The molecule has 0 unspecified atom stereocenters. The van der Waals surface area contributed by atoms with Crippen LogP contribution >= 0.6 is 0 Å². The van der Waals surface area contributed by atoms with Crippen LogP contribution in [0, 0.1) is 0 Å². The average molecular weight is 257 g/mol. The van der Waals surface area contributed by atoms with Crippen molar-refractivity contribution in [3.8, 4) is 0 Å². The third-order valence-electron chi connectivity index (χ3n) is 3.10. The zero-order valence-electron chi connectivity index (χ0n) is 12.1. The molecule has 0 bridgehead atoms. The van der Waals surface area contributed by atoms with Gasteiger partial charge in [-0.3, -0.25) is 0 Å². The minimum atomic E-state index is 0.0558. The Balaban J connectivity index is 2.93. The van der Waals surface area contributed by atoms with Crippen molar-refractivity contribution in [1.82, 2.24) is 0 Å². The molecule has 0 aromatic rings. The van der Waals surface area contributed by atoms with Crippen molar-refractivity contribution in [2.75, 3.05) is 0 Å². The average Bonchev–Trinajstić information content (AvgIpc) is 2.20. The maximum Gasteiger partial charge on any atom is 0.0412 e. The molecule has 0 heterocycles. The Morgan fingerprint density at radius 2 is 0.688 bits per heavy atom. The zero-order valence-corrected chi connectivity index (χ0v) is 14.1. The van der Waals surface area contributed by atoms with Crippen LogP contribution in [0.5, 0.6) is 0 Å². The van der Waals surface area contributed by atoms with E-state index in [1.165, 1.54) is 63.5 Å². The van der Waals surface area contributed by atoms with E-state index in [4.69, 9.17) is 0 Å². The van der Waals surface area contributed by atoms with Crippen LogP contribution in [0.4, 0.5) is 0 Å². The summed E-state index contributed by atoms with van der Waals surface area (Å²) in [4.78, 5) is 0. The molecule has 96 valence electrons. The fourth-order valence-corrected chi connectivity index (χ4v) is 3.93. The van der Waals surface area contributed by atoms with Crippen molar-refractivity contribution >= 4 is 17.6 Å². The Morgan fingerprint density at radius 3 is 0.938 bits per heavy atom. The number of rotatable bonds is 11. The maximum atomic E-state index is 2.43. The molecule has 0 aromatic heterocycles. The Labute approximate surface area is 107 Å². The van der Waals surface area contributed by atoms with Gasteiger partial charge >= 0.3 is 0 Å². The van der Waals surface area contributed by atoms with Crippen molar-refractivity contribution in [2.45, 2.75) is 89.6 Å². The van der Waals surface area contributed by atoms with Crippen molar-refractivity contribution in [1.29, 1.82) is 0 Å². The molecular formula is C14H32Si2. The molecule has 0 rings (SSSR count). The van der Waals surface area contributed by atoms with Gasteiger partial charge in [-0.2, -0.15) is 0 Å². The highest BCUT2D eigenvalue weighted by atomic mass is 28.3. The van der Waals surface area contributed by atoms with Gasteiger partial charge in [-0.05, 0) is 0 Å². The summed E-state index contributed by atoms with van der Waals surface area (Å²) in [6.07, 6.45) is 12.0. The summed E-state index contributed by atoms with van der Waals surface area (Å²) in [5.41, 5.74) is 0. The van der Waals surface area contributed by atoms with Gasteiger partial charge in [0.05, 0.1) is 0 Å². The molecule has 0 N–H and O–H groups in total. The number of hydrogen-bond donors (Lipinski definition) is 0. The third-order valence-corrected chi connectivity index (χ3v) is 5.81. The van der Waals surface area contributed by atoms with Gasteiger partial charge in [-0.25, -0.2) is 0 Å². The molecule has 0 aliphatic heterocycles. The quantitative estimate of drug-likeness (QED) is 0.333. The zero-order chi connectivity index (χ0) is 12.2. The van der Waals surface area contributed by atoms with Gasteiger partial charge in [0.1, 0.15) is 0 Å². The minimum absolute atomic E-state index is 0.0558. The first-order chi connectivity index (χ1) is 7.63. The molecule has 0 amide bonds. The van der Waals surface area contributed by atoms with Crippen LogP contribution in [-0.4, -0.2) is 17.6 Å². The third kappa shape index (κ3) is 14.4. The van der Waals surface area contributed by atoms with Gasteiger partial charge in [0.25, 0.3) is 0 Å². The van der Waals surface area contributed by atoms with E-state index in [0.717, 1.165) is 0 Å². The van der Waals surface area contributed by atoms with E-state index in [1.54, 1.807) is 0 Å². The largest absolute Gasteiger partial charge is 0.0713 e. The predicted octanol–water partition coefficient (Wildman–Crippen LogP) is 5.62. The molecule has 0 aliphatic rings. The van der Waals surface area contributed by atoms with Crippen molar-refractivity contribution < 1.29 is 0 Å². The topological polar surface area (TPSA) is 0 Å². The fraction of sp³-hybridized carbons (Fsp3) is 1.00. The first-order valence-electron chi connectivity index (χ1n) is 7.21. The Bertz CT molecular complexity index is 117. The van der Waals surface area contributed by atoms with Gasteiger partial charge in [0.2, 0.25) is 0 Å². The summed E-state index contributed by atoms with van der Waals surface area (Å²) in [5.74, 6) is 0. The lowest BCUT2D eigenvalue weighted by molar-refractivity contribution is 0.584. The van der Waals surface area contributed by atoms with E-state index in [9.17, 15) is 0 Å². The van der Waals surface area contributed by atoms with E-state index < -0.39 is 0 Å². The molecular weight excluding hydrogens is 224 g/mol. The molecule has 0 atom stereocenters. The molecule has 0 saturated heterocycles. The highest BCUT2D eigenvalue weighted by Gasteiger charge is 1.97. The van der Waals surface area contributed by atoms with Gasteiger partial charge in [0.15, 0.2) is 0 Å². The second-order valence-electron chi connectivity index (χ2n) is 5.74. The normalized spacial score (nSPS) is 11.6. The van der Waals surface area contributed by atoms with E-state index in [-0.39, 0.29) is 17.6 Å². The lowest BCUT2D eigenvalue weighted by atomic mass is 10.1. The predicted molar refractivity (Wildman–Crippen MR) is 81.5 cm³/mol. The molecule has 2 radical (unpaired) electrons. The molecule has 0 aromatic carbocycles. The summed E-state index contributed by atoms with van der Waals surface area (Å²) >= 11 is 0. The van der Waals surface area contributed by atoms with Crippen molar-refractivity contribution in [3.05, 3.63) is 0 Å². The summed E-state index contributed by atoms with van der Waals surface area (Å²) < 4.78 is 0. The van der Waals surface area contributed by atoms with Crippen LogP contribution < -0.4 is 0 Å². The monoisotopic (exact) mass is 256 g/mol.